The van der Waals surface area contributed by atoms with Crippen LogP contribution in [-0.2, 0) is 0 Å². The Morgan fingerprint density at radius 3 is 2.47 bits per heavy atom. The predicted molar refractivity (Wildman–Crippen MR) is 64.8 cm³/mol. The first-order valence-corrected chi connectivity index (χ1v) is 6.70. The smallest absolute Gasteiger partial charge is 0.0166 e. The second-order valence-electron chi connectivity index (χ2n) is 5.90. The zero-order valence-corrected chi connectivity index (χ0v) is 10.1. The molecule has 88 valence electrons. The second kappa shape index (κ2) is 4.84. The summed E-state index contributed by atoms with van der Waals surface area (Å²) in [7, 11) is 0. The molecule has 3 N–H and O–H groups in total. The van der Waals surface area contributed by atoms with E-state index in [9.17, 15) is 0 Å². The third kappa shape index (κ3) is 3.18. The van der Waals surface area contributed by atoms with Gasteiger partial charge < -0.3 is 11.1 Å². The molecule has 2 aliphatic carbocycles. The van der Waals surface area contributed by atoms with Crippen molar-refractivity contribution in [2.75, 3.05) is 6.54 Å². The van der Waals surface area contributed by atoms with Crippen LogP contribution in [0.5, 0.6) is 0 Å². The van der Waals surface area contributed by atoms with Crippen molar-refractivity contribution in [2.45, 2.75) is 69.9 Å². The number of rotatable bonds is 4. The van der Waals surface area contributed by atoms with Crippen LogP contribution in [0.15, 0.2) is 0 Å². The molecule has 0 saturated heterocycles. The lowest BCUT2D eigenvalue weighted by Crippen LogP contribution is -2.47. The normalized spacial score (nSPS) is 34.8. The van der Waals surface area contributed by atoms with E-state index >= 15 is 0 Å². The van der Waals surface area contributed by atoms with E-state index in [4.69, 9.17) is 5.73 Å². The van der Waals surface area contributed by atoms with Gasteiger partial charge in [-0.15, -0.1) is 0 Å². The van der Waals surface area contributed by atoms with Crippen LogP contribution >= 0.6 is 0 Å². The van der Waals surface area contributed by atoms with E-state index in [-0.39, 0.29) is 5.54 Å². The van der Waals surface area contributed by atoms with Crippen molar-refractivity contribution in [2.24, 2.45) is 11.7 Å². The molecule has 0 aromatic carbocycles. The molecular weight excluding hydrogens is 184 g/mol. The quantitative estimate of drug-likeness (QED) is 0.748. The van der Waals surface area contributed by atoms with Crippen LogP contribution in [0, 0.1) is 5.92 Å². The Morgan fingerprint density at radius 2 is 1.87 bits per heavy atom. The van der Waals surface area contributed by atoms with Gasteiger partial charge >= 0.3 is 0 Å². The first-order valence-electron chi connectivity index (χ1n) is 6.70. The summed E-state index contributed by atoms with van der Waals surface area (Å²) < 4.78 is 0. The molecule has 0 radical (unpaired) electrons. The van der Waals surface area contributed by atoms with Crippen LogP contribution in [0.3, 0.4) is 0 Å². The van der Waals surface area contributed by atoms with Crippen LogP contribution in [0.25, 0.3) is 0 Å². The standard InChI is InChI=1S/C13H26N2/c1-11-9-12(10-11)15-8-7-13(14)5-3-2-4-6-13/h11-12,15H,2-10,14H2,1H3. The van der Waals surface area contributed by atoms with Gasteiger partial charge in [-0.05, 0) is 44.6 Å². The highest BCUT2D eigenvalue weighted by molar-refractivity contribution is 4.89. The third-order valence-corrected chi connectivity index (χ3v) is 4.28. The van der Waals surface area contributed by atoms with E-state index in [1.54, 1.807) is 0 Å². The highest BCUT2D eigenvalue weighted by atomic mass is 14.9. The molecule has 0 aliphatic heterocycles. The van der Waals surface area contributed by atoms with Crippen LogP contribution in [-0.4, -0.2) is 18.1 Å². The molecule has 0 aromatic heterocycles. The molecule has 2 rings (SSSR count). The van der Waals surface area contributed by atoms with Gasteiger partial charge in [0.05, 0.1) is 0 Å². The van der Waals surface area contributed by atoms with Gasteiger partial charge in [0.25, 0.3) is 0 Å². The molecule has 0 atom stereocenters. The zero-order chi connectivity index (χ0) is 10.7. The molecule has 0 heterocycles. The molecule has 0 spiro atoms. The summed E-state index contributed by atoms with van der Waals surface area (Å²) in [5.74, 6) is 0.948. The monoisotopic (exact) mass is 210 g/mol. The van der Waals surface area contributed by atoms with Crippen molar-refractivity contribution in [1.29, 1.82) is 0 Å². The summed E-state index contributed by atoms with van der Waals surface area (Å²) >= 11 is 0. The molecule has 2 heteroatoms. The van der Waals surface area contributed by atoms with E-state index in [1.807, 2.05) is 0 Å². The topological polar surface area (TPSA) is 38.0 Å². The highest BCUT2D eigenvalue weighted by Gasteiger charge is 2.28. The van der Waals surface area contributed by atoms with Gasteiger partial charge in [0.2, 0.25) is 0 Å². The summed E-state index contributed by atoms with van der Waals surface area (Å²) in [4.78, 5) is 0. The molecule has 0 unspecified atom stereocenters. The van der Waals surface area contributed by atoms with Crippen LogP contribution in [0.2, 0.25) is 0 Å². The van der Waals surface area contributed by atoms with Crippen LogP contribution in [0.1, 0.15) is 58.3 Å². The Bertz CT molecular complexity index is 191. The Balaban J connectivity index is 1.60. The van der Waals surface area contributed by atoms with E-state index in [1.165, 1.54) is 51.4 Å². The lowest BCUT2D eigenvalue weighted by Gasteiger charge is -2.37. The average molecular weight is 210 g/mol. The van der Waals surface area contributed by atoms with Crippen molar-refractivity contribution in [3.8, 4) is 0 Å². The van der Waals surface area contributed by atoms with Gasteiger partial charge in [-0.1, -0.05) is 26.2 Å². The van der Waals surface area contributed by atoms with Gasteiger partial charge in [-0.2, -0.15) is 0 Å². The summed E-state index contributed by atoms with van der Waals surface area (Å²) in [6.07, 6.45) is 10.5. The van der Waals surface area contributed by atoms with Gasteiger partial charge in [0.1, 0.15) is 0 Å². The Morgan fingerprint density at radius 1 is 1.20 bits per heavy atom. The summed E-state index contributed by atoms with van der Waals surface area (Å²) in [5, 5.41) is 3.64. The van der Waals surface area contributed by atoms with Crippen LogP contribution in [0.4, 0.5) is 0 Å². The Hall–Kier alpha value is -0.0800. The molecule has 0 bridgehead atoms. The molecule has 0 aromatic rings. The number of hydrogen-bond acceptors (Lipinski definition) is 2. The summed E-state index contributed by atoms with van der Waals surface area (Å²) in [5.41, 5.74) is 6.56. The van der Waals surface area contributed by atoms with Crippen molar-refractivity contribution in [1.82, 2.24) is 5.32 Å². The lowest BCUT2D eigenvalue weighted by molar-refractivity contribution is 0.221. The van der Waals surface area contributed by atoms with Gasteiger partial charge in [-0.3, -0.25) is 0 Å². The van der Waals surface area contributed by atoms with E-state index in [2.05, 4.69) is 12.2 Å². The van der Waals surface area contributed by atoms with Gasteiger partial charge in [0, 0.05) is 11.6 Å². The fourth-order valence-electron chi connectivity index (χ4n) is 3.10. The zero-order valence-electron chi connectivity index (χ0n) is 10.1. The minimum atomic E-state index is 0.167. The van der Waals surface area contributed by atoms with Crippen molar-refractivity contribution < 1.29 is 0 Å². The highest BCUT2D eigenvalue weighted by Crippen LogP contribution is 2.29. The maximum atomic E-state index is 6.39. The van der Waals surface area contributed by atoms with Gasteiger partial charge in [-0.25, -0.2) is 0 Å². The number of hydrogen-bond donors (Lipinski definition) is 2. The summed E-state index contributed by atoms with van der Waals surface area (Å²) in [6, 6.07) is 0.798. The van der Waals surface area contributed by atoms with Crippen molar-refractivity contribution in [3.05, 3.63) is 0 Å². The Kier molecular flexibility index (Phi) is 3.68. The largest absolute Gasteiger partial charge is 0.325 e. The average Bonchev–Trinajstić information content (AvgIpc) is 2.16. The molecule has 0 amide bonds. The summed E-state index contributed by atoms with van der Waals surface area (Å²) in [6.45, 7) is 3.47. The van der Waals surface area contributed by atoms with E-state index in [0.29, 0.717) is 0 Å². The van der Waals surface area contributed by atoms with E-state index < -0.39 is 0 Å². The maximum absolute atomic E-state index is 6.39. The molecule has 2 fully saturated rings. The fraction of sp³-hybridized carbons (Fsp3) is 1.00. The first kappa shape index (κ1) is 11.4. The molecule has 15 heavy (non-hydrogen) atoms. The number of nitrogens with two attached hydrogens (primary N) is 1. The SMILES string of the molecule is CC1CC(NCCC2(N)CCCCC2)C1. The minimum absolute atomic E-state index is 0.167. The fourth-order valence-corrected chi connectivity index (χ4v) is 3.10. The second-order valence-corrected chi connectivity index (χ2v) is 5.90. The van der Waals surface area contributed by atoms with Crippen LogP contribution < -0.4 is 11.1 Å². The van der Waals surface area contributed by atoms with Gasteiger partial charge in [0.15, 0.2) is 0 Å². The molecule has 2 nitrogen and oxygen atoms in total. The maximum Gasteiger partial charge on any atom is 0.0166 e. The molecule has 2 aliphatic rings. The first-order chi connectivity index (χ1) is 7.18. The lowest BCUT2D eigenvalue weighted by atomic mass is 9.79. The predicted octanol–water partition coefficient (Wildman–Crippen LogP) is 2.43. The molecule has 2 saturated carbocycles. The van der Waals surface area contributed by atoms with Crippen molar-refractivity contribution in [3.63, 3.8) is 0 Å². The Labute approximate surface area is 94.0 Å². The third-order valence-electron chi connectivity index (χ3n) is 4.28. The van der Waals surface area contributed by atoms with E-state index in [0.717, 1.165) is 18.5 Å². The molecular formula is C13H26N2. The van der Waals surface area contributed by atoms with Crippen molar-refractivity contribution >= 4 is 0 Å². The minimum Gasteiger partial charge on any atom is -0.325 e. The number of nitrogens with one attached hydrogen (secondary N) is 1.